The molecule has 0 fully saturated rings. The van der Waals surface area contributed by atoms with Gasteiger partial charge in [-0.15, -0.1) is 0 Å². The van der Waals surface area contributed by atoms with Crippen molar-refractivity contribution in [1.29, 1.82) is 0 Å². The van der Waals surface area contributed by atoms with Crippen molar-refractivity contribution in [3.05, 3.63) is 40.1 Å². The van der Waals surface area contributed by atoms with Gasteiger partial charge in [0, 0.05) is 11.8 Å². The molecule has 2 aliphatic heterocycles. The van der Waals surface area contributed by atoms with Gasteiger partial charge in [-0.1, -0.05) is 0 Å². The summed E-state index contributed by atoms with van der Waals surface area (Å²) in [6, 6.07) is 4.35. The normalized spacial score (nSPS) is 28.1. The molecule has 0 saturated heterocycles. The monoisotopic (exact) mass is 248 g/mol. The van der Waals surface area contributed by atoms with Crippen LogP contribution in [0.4, 0.5) is 5.69 Å². The Bertz CT molecular complexity index is 569. The van der Waals surface area contributed by atoms with Crippen LogP contribution in [0.1, 0.15) is 13.8 Å². The minimum Gasteiger partial charge on any atom is -0.476 e. The van der Waals surface area contributed by atoms with E-state index in [-0.39, 0.29) is 11.8 Å². The van der Waals surface area contributed by atoms with Crippen molar-refractivity contribution in [2.24, 2.45) is 0 Å². The van der Waals surface area contributed by atoms with Crippen LogP contribution in [0.2, 0.25) is 0 Å². The first kappa shape index (κ1) is 10.9. The van der Waals surface area contributed by atoms with E-state index in [1.54, 1.807) is 6.07 Å². The van der Waals surface area contributed by atoms with E-state index < -0.39 is 10.6 Å². The van der Waals surface area contributed by atoms with E-state index >= 15 is 0 Å². The molecule has 0 aromatic heterocycles. The molecule has 2 aliphatic rings. The maximum absolute atomic E-state index is 10.7. The summed E-state index contributed by atoms with van der Waals surface area (Å²) in [4.78, 5) is 10.3. The highest BCUT2D eigenvalue weighted by Gasteiger charge is 2.45. The van der Waals surface area contributed by atoms with Crippen molar-refractivity contribution in [2.45, 2.75) is 25.7 Å². The third-order valence-electron chi connectivity index (χ3n) is 3.10. The molecule has 2 atom stereocenters. The number of non-ortho nitro benzene ring substituents is 1. The molecular weight excluding hydrogens is 236 g/mol. The molecule has 1 N–H and O–H groups in total. The van der Waals surface area contributed by atoms with E-state index in [0.29, 0.717) is 11.5 Å². The number of hydrogen-bond donors (Lipinski definition) is 1. The lowest BCUT2D eigenvalue weighted by Gasteiger charge is -2.37. The number of hydrogen-bond acceptors (Lipinski definition) is 5. The van der Waals surface area contributed by atoms with Crippen molar-refractivity contribution in [2.75, 3.05) is 0 Å². The van der Waals surface area contributed by atoms with Gasteiger partial charge in [0.2, 0.25) is 5.72 Å². The summed E-state index contributed by atoms with van der Waals surface area (Å²) in [6.45, 7) is 3.77. The van der Waals surface area contributed by atoms with Crippen LogP contribution in [0.15, 0.2) is 30.0 Å². The molecule has 3 rings (SSSR count). The average Bonchev–Trinajstić information content (AvgIpc) is 2.57. The Kier molecular flexibility index (Phi) is 2.04. The summed E-state index contributed by atoms with van der Waals surface area (Å²) >= 11 is 0. The summed E-state index contributed by atoms with van der Waals surface area (Å²) in [7, 11) is 0. The van der Waals surface area contributed by atoms with Crippen LogP contribution < -0.4 is 14.8 Å². The van der Waals surface area contributed by atoms with Gasteiger partial charge in [-0.25, -0.2) is 0 Å². The number of allylic oxidation sites excluding steroid dienone is 1. The fourth-order valence-electron chi connectivity index (χ4n) is 2.27. The third kappa shape index (κ3) is 1.49. The van der Waals surface area contributed by atoms with Gasteiger partial charge in [-0.3, -0.25) is 10.1 Å². The van der Waals surface area contributed by atoms with Crippen molar-refractivity contribution in [1.82, 2.24) is 5.32 Å². The van der Waals surface area contributed by atoms with Crippen molar-refractivity contribution >= 4 is 5.69 Å². The fraction of sp³-hybridized carbons (Fsp3) is 0.333. The molecule has 0 radical (unpaired) electrons. The Labute approximate surface area is 103 Å². The molecule has 6 heteroatoms. The van der Waals surface area contributed by atoms with Crippen molar-refractivity contribution in [3.63, 3.8) is 0 Å². The summed E-state index contributed by atoms with van der Waals surface area (Å²) in [6.07, 6.45) is 1.70. The zero-order valence-electron chi connectivity index (χ0n) is 9.97. The Morgan fingerprint density at radius 1 is 1.44 bits per heavy atom. The topological polar surface area (TPSA) is 73.6 Å². The Hall–Kier alpha value is -2.24. The fourth-order valence-corrected chi connectivity index (χ4v) is 2.27. The number of fused-ring (bicyclic) bond motifs is 2. The van der Waals surface area contributed by atoms with E-state index in [1.807, 2.05) is 19.9 Å². The average molecular weight is 248 g/mol. The Balaban J connectivity index is 2.00. The van der Waals surface area contributed by atoms with Crippen molar-refractivity contribution in [3.8, 4) is 11.5 Å². The standard InChI is InChI=1S/C12H12N2O4/c1-7-5-11-12(2,13-7)18-10-6-8(14(15)16)3-4-9(10)17-11/h3-6,11,13H,1-2H3/t11-,12-/m1/s1. The molecule has 0 unspecified atom stereocenters. The Morgan fingerprint density at radius 3 is 2.94 bits per heavy atom. The first-order valence-electron chi connectivity index (χ1n) is 5.59. The quantitative estimate of drug-likeness (QED) is 0.607. The van der Waals surface area contributed by atoms with Crippen LogP contribution in [-0.2, 0) is 0 Å². The maximum atomic E-state index is 10.7. The smallest absolute Gasteiger partial charge is 0.273 e. The molecule has 1 aromatic rings. The molecule has 94 valence electrons. The highest BCUT2D eigenvalue weighted by molar-refractivity contribution is 5.50. The van der Waals surface area contributed by atoms with Crippen LogP contribution in [0, 0.1) is 10.1 Å². The maximum Gasteiger partial charge on any atom is 0.273 e. The van der Waals surface area contributed by atoms with Crippen LogP contribution in [0.5, 0.6) is 11.5 Å². The minimum absolute atomic E-state index is 0.0120. The molecule has 1 aromatic carbocycles. The zero-order valence-corrected chi connectivity index (χ0v) is 9.97. The lowest BCUT2D eigenvalue weighted by Crippen LogP contribution is -2.55. The summed E-state index contributed by atoms with van der Waals surface area (Å²) < 4.78 is 11.6. The summed E-state index contributed by atoms with van der Waals surface area (Å²) in [5, 5.41) is 13.9. The van der Waals surface area contributed by atoms with Gasteiger partial charge in [0.15, 0.2) is 17.6 Å². The largest absolute Gasteiger partial charge is 0.476 e. The second-order valence-corrected chi connectivity index (χ2v) is 4.61. The van der Waals surface area contributed by atoms with Crippen LogP contribution >= 0.6 is 0 Å². The first-order valence-corrected chi connectivity index (χ1v) is 5.59. The predicted molar refractivity (Wildman–Crippen MR) is 63.4 cm³/mol. The number of nitro groups is 1. The number of rotatable bonds is 1. The van der Waals surface area contributed by atoms with Gasteiger partial charge in [-0.05, 0) is 26.0 Å². The molecule has 0 amide bonds. The van der Waals surface area contributed by atoms with Crippen LogP contribution in [0.25, 0.3) is 0 Å². The number of benzene rings is 1. The van der Waals surface area contributed by atoms with E-state index in [0.717, 1.165) is 5.70 Å². The summed E-state index contributed by atoms with van der Waals surface area (Å²) in [5.74, 6) is 0.911. The molecule has 0 spiro atoms. The highest BCUT2D eigenvalue weighted by atomic mass is 16.6. The van der Waals surface area contributed by atoms with E-state index in [1.165, 1.54) is 12.1 Å². The Morgan fingerprint density at radius 2 is 2.22 bits per heavy atom. The second-order valence-electron chi connectivity index (χ2n) is 4.61. The molecular formula is C12H12N2O4. The van der Waals surface area contributed by atoms with Gasteiger partial charge >= 0.3 is 0 Å². The van der Waals surface area contributed by atoms with E-state index in [9.17, 15) is 10.1 Å². The third-order valence-corrected chi connectivity index (χ3v) is 3.10. The number of nitro benzene ring substituents is 1. The molecule has 2 heterocycles. The van der Waals surface area contributed by atoms with E-state index in [4.69, 9.17) is 9.47 Å². The lowest BCUT2D eigenvalue weighted by molar-refractivity contribution is -0.385. The number of ether oxygens (including phenoxy) is 2. The number of nitrogens with one attached hydrogen (secondary N) is 1. The summed E-state index contributed by atoms with van der Waals surface area (Å²) in [5.41, 5.74) is 0.249. The molecule has 18 heavy (non-hydrogen) atoms. The SMILES string of the molecule is CC1=C[C@H]2Oc3ccc([N+](=O)[O-])cc3O[C@@]2(C)N1. The highest BCUT2D eigenvalue weighted by Crippen LogP contribution is 2.41. The lowest BCUT2D eigenvalue weighted by atomic mass is 10.1. The zero-order chi connectivity index (χ0) is 12.9. The van der Waals surface area contributed by atoms with Gasteiger partial charge in [0.25, 0.3) is 5.69 Å². The van der Waals surface area contributed by atoms with E-state index in [2.05, 4.69) is 5.32 Å². The second kappa shape index (κ2) is 3.38. The minimum atomic E-state index is -0.702. The van der Waals surface area contributed by atoms with Gasteiger partial charge in [0.1, 0.15) is 0 Å². The number of nitrogens with zero attached hydrogens (tertiary/aromatic N) is 1. The molecule has 6 nitrogen and oxygen atoms in total. The van der Waals surface area contributed by atoms with Crippen LogP contribution in [0.3, 0.4) is 0 Å². The molecule has 0 saturated carbocycles. The van der Waals surface area contributed by atoms with Crippen LogP contribution in [-0.4, -0.2) is 16.8 Å². The van der Waals surface area contributed by atoms with Crippen molar-refractivity contribution < 1.29 is 14.4 Å². The first-order chi connectivity index (χ1) is 8.48. The molecule has 0 bridgehead atoms. The van der Waals surface area contributed by atoms with Gasteiger partial charge in [0.05, 0.1) is 11.0 Å². The molecule has 0 aliphatic carbocycles. The predicted octanol–water partition coefficient (Wildman–Crippen LogP) is 1.96. The van der Waals surface area contributed by atoms with Gasteiger partial charge < -0.3 is 14.8 Å². The van der Waals surface area contributed by atoms with Gasteiger partial charge in [-0.2, -0.15) is 0 Å².